The SMILES string of the molecule is CCCNS(=O)(=O)c1ccc(NC)c(C(=O)O)c1. The van der Waals surface area contributed by atoms with Gasteiger partial charge in [0.2, 0.25) is 10.0 Å². The number of anilines is 1. The molecule has 18 heavy (non-hydrogen) atoms. The molecule has 0 aromatic heterocycles. The van der Waals surface area contributed by atoms with E-state index in [1.165, 1.54) is 12.1 Å². The molecule has 0 bridgehead atoms. The largest absolute Gasteiger partial charge is 0.478 e. The summed E-state index contributed by atoms with van der Waals surface area (Å²) in [5, 5.41) is 11.7. The van der Waals surface area contributed by atoms with Gasteiger partial charge in [0.15, 0.2) is 0 Å². The number of rotatable bonds is 6. The second-order valence-corrected chi connectivity index (χ2v) is 5.43. The van der Waals surface area contributed by atoms with Gasteiger partial charge < -0.3 is 10.4 Å². The van der Waals surface area contributed by atoms with Gasteiger partial charge >= 0.3 is 5.97 Å². The molecule has 0 aliphatic carbocycles. The van der Waals surface area contributed by atoms with Gasteiger partial charge in [0.05, 0.1) is 10.5 Å². The zero-order valence-electron chi connectivity index (χ0n) is 10.2. The third-order valence-corrected chi connectivity index (χ3v) is 3.80. The molecule has 3 N–H and O–H groups in total. The van der Waals surface area contributed by atoms with Crippen LogP contribution < -0.4 is 10.0 Å². The van der Waals surface area contributed by atoms with E-state index >= 15 is 0 Å². The number of hydrogen-bond acceptors (Lipinski definition) is 4. The van der Waals surface area contributed by atoms with E-state index in [9.17, 15) is 13.2 Å². The van der Waals surface area contributed by atoms with Crippen LogP contribution in [-0.4, -0.2) is 33.1 Å². The molecule has 1 rings (SSSR count). The van der Waals surface area contributed by atoms with Gasteiger partial charge in [0, 0.05) is 19.3 Å². The zero-order valence-corrected chi connectivity index (χ0v) is 11.0. The molecule has 0 atom stereocenters. The van der Waals surface area contributed by atoms with Crippen LogP contribution >= 0.6 is 0 Å². The molecule has 7 heteroatoms. The third-order valence-electron chi connectivity index (χ3n) is 2.34. The summed E-state index contributed by atoms with van der Waals surface area (Å²) in [6.07, 6.45) is 0.666. The highest BCUT2D eigenvalue weighted by atomic mass is 32.2. The lowest BCUT2D eigenvalue weighted by Crippen LogP contribution is -2.24. The Bertz CT molecular complexity index is 540. The Balaban J connectivity index is 3.20. The van der Waals surface area contributed by atoms with Crippen molar-refractivity contribution >= 4 is 21.7 Å². The number of sulfonamides is 1. The predicted octanol–water partition coefficient (Wildman–Crippen LogP) is 1.11. The standard InChI is InChI=1S/C11H16N2O4S/c1-3-6-13-18(16,17)8-4-5-10(12-2)9(7-8)11(14)15/h4-5,7,12-13H,3,6H2,1-2H3,(H,14,15). The summed E-state index contributed by atoms with van der Waals surface area (Å²) in [5.74, 6) is -1.17. The molecule has 1 aromatic rings. The van der Waals surface area contributed by atoms with E-state index in [4.69, 9.17) is 5.11 Å². The highest BCUT2D eigenvalue weighted by Crippen LogP contribution is 2.20. The van der Waals surface area contributed by atoms with Crippen LogP contribution in [0.3, 0.4) is 0 Å². The minimum atomic E-state index is -3.64. The van der Waals surface area contributed by atoms with Crippen molar-refractivity contribution in [3.63, 3.8) is 0 Å². The molecule has 1 aromatic carbocycles. The van der Waals surface area contributed by atoms with Crippen LogP contribution in [0.2, 0.25) is 0 Å². The molecular weight excluding hydrogens is 256 g/mol. The van der Waals surface area contributed by atoms with Crippen LogP contribution in [0.1, 0.15) is 23.7 Å². The molecule has 0 heterocycles. The monoisotopic (exact) mass is 272 g/mol. The van der Waals surface area contributed by atoms with Crippen molar-refractivity contribution < 1.29 is 18.3 Å². The Morgan fingerprint density at radius 1 is 1.39 bits per heavy atom. The summed E-state index contributed by atoms with van der Waals surface area (Å²) in [4.78, 5) is 11.0. The van der Waals surface area contributed by atoms with Gasteiger partial charge in [-0.1, -0.05) is 6.92 Å². The lowest BCUT2D eigenvalue weighted by atomic mass is 10.2. The Hall–Kier alpha value is -1.60. The van der Waals surface area contributed by atoms with Gasteiger partial charge in [-0.3, -0.25) is 0 Å². The van der Waals surface area contributed by atoms with E-state index < -0.39 is 16.0 Å². The maximum absolute atomic E-state index is 11.8. The van der Waals surface area contributed by atoms with E-state index in [2.05, 4.69) is 10.0 Å². The molecule has 0 aliphatic rings. The molecule has 0 spiro atoms. The Labute approximate surface area is 106 Å². The first-order valence-corrected chi connectivity index (χ1v) is 6.95. The number of benzene rings is 1. The predicted molar refractivity (Wildman–Crippen MR) is 68.4 cm³/mol. The second kappa shape index (κ2) is 5.83. The summed E-state index contributed by atoms with van der Waals surface area (Å²) < 4.78 is 26.1. The Kier molecular flexibility index (Phi) is 4.69. The fourth-order valence-electron chi connectivity index (χ4n) is 1.41. The summed E-state index contributed by atoms with van der Waals surface area (Å²) in [6.45, 7) is 2.16. The first kappa shape index (κ1) is 14.5. The molecule has 0 unspecified atom stereocenters. The topological polar surface area (TPSA) is 95.5 Å². The van der Waals surface area contributed by atoms with Crippen molar-refractivity contribution in [1.29, 1.82) is 0 Å². The highest BCUT2D eigenvalue weighted by molar-refractivity contribution is 7.89. The summed E-state index contributed by atoms with van der Waals surface area (Å²) in [7, 11) is -2.07. The average Bonchev–Trinajstić information content (AvgIpc) is 2.35. The fourth-order valence-corrected chi connectivity index (χ4v) is 2.56. The summed E-state index contributed by atoms with van der Waals surface area (Å²) in [5.41, 5.74) is 0.300. The molecule has 0 amide bonds. The normalized spacial score (nSPS) is 11.2. The molecule has 100 valence electrons. The van der Waals surface area contributed by atoms with Crippen molar-refractivity contribution in [2.75, 3.05) is 18.9 Å². The van der Waals surface area contributed by atoms with Gasteiger partial charge in [0.25, 0.3) is 0 Å². The first-order valence-electron chi connectivity index (χ1n) is 5.47. The molecule has 0 saturated heterocycles. The minimum Gasteiger partial charge on any atom is -0.478 e. The van der Waals surface area contributed by atoms with E-state index in [1.807, 2.05) is 6.92 Å². The van der Waals surface area contributed by atoms with E-state index in [-0.39, 0.29) is 10.5 Å². The van der Waals surface area contributed by atoms with Crippen molar-refractivity contribution in [1.82, 2.24) is 4.72 Å². The highest BCUT2D eigenvalue weighted by Gasteiger charge is 2.17. The lowest BCUT2D eigenvalue weighted by molar-refractivity contribution is 0.0697. The number of hydrogen-bond donors (Lipinski definition) is 3. The number of carboxylic acid groups (broad SMARTS) is 1. The first-order chi connectivity index (χ1) is 8.42. The van der Waals surface area contributed by atoms with Gasteiger partial charge in [-0.15, -0.1) is 0 Å². The Morgan fingerprint density at radius 3 is 2.56 bits per heavy atom. The van der Waals surface area contributed by atoms with Gasteiger partial charge in [0.1, 0.15) is 0 Å². The summed E-state index contributed by atoms with van der Waals surface area (Å²) >= 11 is 0. The lowest BCUT2D eigenvalue weighted by Gasteiger charge is -2.09. The van der Waals surface area contributed by atoms with Crippen molar-refractivity contribution in [2.24, 2.45) is 0 Å². The molecule has 0 fully saturated rings. The Morgan fingerprint density at radius 2 is 2.06 bits per heavy atom. The third kappa shape index (κ3) is 3.21. The van der Waals surface area contributed by atoms with Crippen LogP contribution in [-0.2, 0) is 10.0 Å². The van der Waals surface area contributed by atoms with Crippen molar-refractivity contribution in [3.8, 4) is 0 Å². The van der Waals surface area contributed by atoms with Crippen LogP contribution in [0.5, 0.6) is 0 Å². The molecular formula is C11H16N2O4S. The average molecular weight is 272 g/mol. The second-order valence-electron chi connectivity index (χ2n) is 3.66. The van der Waals surface area contributed by atoms with Crippen LogP contribution in [0.15, 0.2) is 23.1 Å². The maximum Gasteiger partial charge on any atom is 0.337 e. The van der Waals surface area contributed by atoms with Crippen LogP contribution in [0.25, 0.3) is 0 Å². The molecule has 6 nitrogen and oxygen atoms in total. The minimum absolute atomic E-state index is 0.0487. The molecule has 0 aliphatic heterocycles. The molecule has 0 saturated carbocycles. The summed E-state index contributed by atoms with van der Waals surface area (Å²) in [6, 6.07) is 3.95. The zero-order chi connectivity index (χ0) is 13.8. The van der Waals surface area contributed by atoms with Crippen LogP contribution in [0.4, 0.5) is 5.69 Å². The fraction of sp³-hybridized carbons (Fsp3) is 0.364. The number of nitrogens with one attached hydrogen (secondary N) is 2. The smallest absolute Gasteiger partial charge is 0.337 e. The van der Waals surface area contributed by atoms with Crippen LogP contribution in [0, 0.1) is 0 Å². The number of carbonyl (C=O) groups is 1. The van der Waals surface area contributed by atoms with Crippen molar-refractivity contribution in [2.45, 2.75) is 18.2 Å². The van der Waals surface area contributed by atoms with E-state index in [0.717, 1.165) is 6.07 Å². The molecule has 0 radical (unpaired) electrons. The maximum atomic E-state index is 11.8. The number of aromatic carboxylic acids is 1. The van der Waals surface area contributed by atoms with E-state index in [0.29, 0.717) is 18.7 Å². The van der Waals surface area contributed by atoms with Gasteiger partial charge in [-0.05, 0) is 24.6 Å². The number of carboxylic acids is 1. The van der Waals surface area contributed by atoms with E-state index in [1.54, 1.807) is 7.05 Å². The van der Waals surface area contributed by atoms with Gasteiger partial charge in [-0.25, -0.2) is 17.9 Å². The van der Waals surface area contributed by atoms with Crippen molar-refractivity contribution in [3.05, 3.63) is 23.8 Å². The quantitative estimate of drug-likeness (QED) is 0.721. The van der Waals surface area contributed by atoms with Gasteiger partial charge in [-0.2, -0.15) is 0 Å².